The van der Waals surface area contributed by atoms with Gasteiger partial charge in [0.25, 0.3) is 0 Å². The number of nitrogens with zero attached hydrogens (tertiary/aromatic N) is 2. The van der Waals surface area contributed by atoms with Crippen molar-refractivity contribution >= 4 is 59.9 Å². The Hall–Kier alpha value is -2.27. The van der Waals surface area contributed by atoms with E-state index in [4.69, 9.17) is 0 Å². The monoisotopic (exact) mass is 521 g/mol. The van der Waals surface area contributed by atoms with Crippen LogP contribution in [0.25, 0.3) is 0 Å². The van der Waals surface area contributed by atoms with Gasteiger partial charge in [0.05, 0.1) is 9.37 Å². The van der Waals surface area contributed by atoms with Crippen molar-refractivity contribution in [2.75, 3.05) is 10.6 Å². The van der Waals surface area contributed by atoms with Gasteiger partial charge in [-0.05, 0) is 67.0 Å². The second-order valence-electron chi connectivity index (χ2n) is 7.13. The summed E-state index contributed by atoms with van der Waals surface area (Å²) in [5.41, 5.74) is 1.72. The van der Waals surface area contributed by atoms with Gasteiger partial charge in [0, 0.05) is 22.8 Å². The van der Waals surface area contributed by atoms with Gasteiger partial charge in [-0.1, -0.05) is 40.3 Å². The molecule has 1 atom stereocenters. The first kappa shape index (κ1) is 23.4. The van der Waals surface area contributed by atoms with Gasteiger partial charge in [-0.2, -0.15) is 9.11 Å². The van der Waals surface area contributed by atoms with Crippen LogP contribution < -0.4 is 14.8 Å². The first-order valence-corrected chi connectivity index (χ1v) is 13.1. The van der Waals surface area contributed by atoms with E-state index < -0.39 is 20.7 Å². The quantitative estimate of drug-likeness (QED) is 0.358. The molecule has 2 aromatic carbocycles. The maximum absolute atomic E-state index is 12.7. The van der Waals surface area contributed by atoms with E-state index in [1.807, 2.05) is 45.0 Å². The first-order valence-electron chi connectivity index (χ1n) is 9.43. The molecule has 0 aliphatic heterocycles. The molecule has 3 rings (SSSR count). The molecule has 3 N–H and O–H groups in total. The molecule has 0 aliphatic carbocycles. The summed E-state index contributed by atoms with van der Waals surface area (Å²) < 4.78 is 28.8. The van der Waals surface area contributed by atoms with Gasteiger partial charge in [-0.3, -0.25) is 0 Å². The topological polar surface area (TPSA) is 96.0 Å². The van der Waals surface area contributed by atoms with Gasteiger partial charge in [0.1, 0.15) is 5.82 Å². The third kappa shape index (κ3) is 6.36. The number of anilines is 3. The van der Waals surface area contributed by atoms with Crippen LogP contribution in [0.1, 0.15) is 19.4 Å². The van der Waals surface area contributed by atoms with Gasteiger partial charge in [0.15, 0.2) is 0 Å². The lowest BCUT2D eigenvalue weighted by Crippen LogP contribution is -2.18. The molecule has 3 aromatic rings. The average molecular weight is 522 g/mol. The fourth-order valence-electron chi connectivity index (χ4n) is 2.60. The molecule has 0 fully saturated rings. The number of hydrogen-bond acceptors (Lipinski definition) is 6. The van der Waals surface area contributed by atoms with E-state index in [2.05, 4.69) is 46.5 Å². The van der Waals surface area contributed by atoms with Crippen LogP contribution in [-0.2, 0) is 10.0 Å². The van der Waals surface area contributed by atoms with Crippen LogP contribution >= 0.6 is 26.6 Å². The highest BCUT2D eigenvalue weighted by molar-refractivity contribution is 9.10. The zero-order valence-electron chi connectivity index (χ0n) is 17.4. The summed E-state index contributed by atoms with van der Waals surface area (Å²) >= 11 is 3.44. The molecule has 164 valence electrons. The summed E-state index contributed by atoms with van der Waals surface area (Å²) in [6.07, 6.45) is 1.67. The lowest BCUT2D eigenvalue weighted by molar-refractivity contribution is 0.594. The fourth-order valence-corrected chi connectivity index (χ4v) is 5.75. The number of sulfonamides is 1. The van der Waals surface area contributed by atoms with Gasteiger partial charge in [-0.15, -0.1) is 0 Å². The molecule has 0 amide bonds. The van der Waals surface area contributed by atoms with Gasteiger partial charge in [0.2, 0.25) is 16.0 Å². The van der Waals surface area contributed by atoms with Crippen LogP contribution in [0.3, 0.4) is 0 Å². The molecule has 1 heterocycles. The van der Waals surface area contributed by atoms with Crippen molar-refractivity contribution < 1.29 is 8.42 Å². The minimum absolute atomic E-state index is 0.210. The maximum Gasteiger partial charge on any atom is 0.249 e. The van der Waals surface area contributed by atoms with Crippen LogP contribution in [0.15, 0.2) is 69.0 Å². The van der Waals surface area contributed by atoms with Crippen LogP contribution in [0.4, 0.5) is 17.5 Å². The fraction of sp³-hybridized carbons (Fsp3) is 0.190. The SMILES string of the molecule is C=S(NS(=O)(=O)c1ccc(C)cc1)c1cccc(Nc2ncc(Br)c(NC(C)C)n2)c1. The molecule has 0 bridgehead atoms. The molecule has 0 spiro atoms. The lowest BCUT2D eigenvalue weighted by atomic mass is 10.2. The Morgan fingerprint density at radius 1 is 1.13 bits per heavy atom. The van der Waals surface area contributed by atoms with Crippen LogP contribution in [0.5, 0.6) is 0 Å². The van der Waals surface area contributed by atoms with E-state index in [-0.39, 0.29) is 10.9 Å². The van der Waals surface area contributed by atoms with Crippen molar-refractivity contribution in [3.05, 3.63) is 64.8 Å². The van der Waals surface area contributed by atoms with E-state index in [0.717, 1.165) is 20.6 Å². The molecule has 0 saturated carbocycles. The van der Waals surface area contributed by atoms with Crippen molar-refractivity contribution in [2.45, 2.75) is 36.6 Å². The first-order chi connectivity index (χ1) is 14.6. The Labute approximate surface area is 194 Å². The second kappa shape index (κ2) is 9.90. The summed E-state index contributed by atoms with van der Waals surface area (Å²) in [7, 11) is -4.66. The number of hydrogen-bond donors (Lipinski definition) is 3. The highest BCUT2D eigenvalue weighted by Gasteiger charge is 2.15. The summed E-state index contributed by atoms with van der Waals surface area (Å²) in [4.78, 5) is 9.72. The highest BCUT2D eigenvalue weighted by Crippen LogP contribution is 2.28. The number of nitrogens with one attached hydrogen (secondary N) is 3. The standard InChI is InChI=1S/C21H24BrN5O2S2/c1-14(2)24-20-19(22)13-23-21(26-20)25-16-6-5-7-17(12-16)30(4)27-31(28,29)18-10-8-15(3)9-11-18/h5-14,27H,4H2,1-3H3,(H2,23,24,25,26). The maximum atomic E-state index is 12.7. The molecule has 1 aromatic heterocycles. The molecule has 0 aliphatic rings. The van der Waals surface area contributed by atoms with Crippen molar-refractivity contribution in [3.8, 4) is 0 Å². The van der Waals surface area contributed by atoms with E-state index >= 15 is 0 Å². The molecule has 1 unspecified atom stereocenters. The molecule has 0 radical (unpaired) electrons. The number of halogens is 1. The van der Waals surface area contributed by atoms with E-state index in [1.54, 1.807) is 30.5 Å². The molecule has 31 heavy (non-hydrogen) atoms. The summed E-state index contributed by atoms with van der Waals surface area (Å²) in [5.74, 6) is 5.12. The number of rotatable bonds is 8. The van der Waals surface area contributed by atoms with Gasteiger partial charge >= 0.3 is 0 Å². The minimum Gasteiger partial charge on any atom is -0.367 e. The normalized spacial score (nSPS) is 12.5. The number of aryl methyl sites for hydroxylation is 1. The largest absolute Gasteiger partial charge is 0.367 e. The number of aromatic nitrogens is 2. The van der Waals surface area contributed by atoms with E-state index in [0.29, 0.717) is 11.8 Å². The Morgan fingerprint density at radius 2 is 1.84 bits per heavy atom. The minimum atomic E-state index is -3.68. The van der Waals surface area contributed by atoms with Crippen LogP contribution in [0, 0.1) is 6.92 Å². The predicted molar refractivity (Wildman–Crippen MR) is 133 cm³/mol. The van der Waals surface area contributed by atoms with Crippen molar-refractivity contribution in [1.82, 2.24) is 14.1 Å². The summed E-state index contributed by atoms with van der Waals surface area (Å²) in [5, 5.41) is 6.41. The van der Waals surface area contributed by atoms with E-state index in [9.17, 15) is 8.42 Å². The lowest BCUT2D eigenvalue weighted by Gasteiger charge is -2.14. The van der Waals surface area contributed by atoms with Crippen molar-refractivity contribution in [2.24, 2.45) is 0 Å². The summed E-state index contributed by atoms with van der Waals surface area (Å²) in [6.45, 7) is 5.96. The van der Waals surface area contributed by atoms with E-state index in [1.165, 1.54) is 0 Å². The Morgan fingerprint density at radius 3 is 2.52 bits per heavy atom. The third-order valence-corrected chi connectivity index (χ3v) is 8.06. The summed E-state index contributed by atoms with van der Waals surface area (Å²) in [6, 6.07) is 14.3. The number of benzene rings is 2. The Balaban J connectivity index is 1.77. The zero-order chi connectivity index (χ0) is 22.6. The van der Waals surface area contributed by atoms with Crippen LogP contribution in [-0.4, -0.2) is 30.3 Å². The van der Waals surface area contributed by atoms with Gasteiger partial charge < -0.3 is 10.6 Å². The zero-order valence-corrected chi connectivity index (χ0v) is 20.6. The smallest absolute Gasteiger partial charge is 0.249 e. The average Bonchev–Trinajstić information content (AvgIpc) is 2.70. The van der Waals surface area contributed by atoms with Crippen molar-refractivity contribution in [3.63, 3.8) is 0 Å². The second-order valence-corrected chi connectivity index (χ2v) is 11.4. The molecular formula is C21H24BrN5O2S2. The van der Waals surface area contributed by atoms with Gasteiger partial charge in [-0.25, -0.2) is 13.4 Å². The molecule has 0 saturated heterocycles. The molecular weight excluding hydrogens is 498 g/mol. The molecule has 10 heteroatoms. The Kier molecular flexibility index (Phi) is 7.47. The van der Waals surface area contributed by atoms with Crippen LogP contribution in [0.2, 0.25) is 0 Å². The predicted octanol–water partition coefficient (Wildman–Crippen LogP) is 5.06. The van der Waals surface area contributed by atoms with Crippen molar-refractivity contribution in [1.29, 1.82) is 0 Å². The Bertz CT molecular complexity index is 1200. The third-order valence-electron chi connectivity index (χ3n) is 4.09. The highest BCUT2D eigenvalue weighted by atomic mass is 79.9. The molecule has 7 nitrogen and oxygen atoms in total.